The Balaban J connectivity index is 1.69. The Bertz CT molecular complexity index is 656. The highest BCUT2D eigenvalue weighted by molar-refractivity contribution is 5.81. The van der Waals surface area contributed by atoms with Crippen LogP contribution in [0.5, 0.6) is 0 Å². The number of aromatic nitrogens is 2. The molecule has 1 saturated heterocycles. The topological polar surface area (TPSA) is 65.8 Å². The maximum atomic E-state index is 13.3. The van der Waals surface area contributed by atoms with Gasteiger partial charge in [-0.3, -0.25) is 4.79 Å². The Morgan fingerprint density at radius 1 is 1.39 bits per heavy atom. The average Bonchev–Trinajstić information content (AvgIpc) is 3.24. The smallest absolute Gasteiger partial charge is 0.281 e. The van der Waals surface area contributed by atoms with Crippen LogP contribution in [0.4, 0.5) is 4.39 Å². The number of hydrogen-bond acceptors (Lipinski definition) is 2. The second-order valence-corrected chi connectivity index (χ2v) is 6.11. The van der Waals surface area contributed by atoms with Gasteiger partial charge in [0.05, 0.1) is 12.2 Å². The van der Waals surface area contributed by atoms with Gasteiger partial charge in [0.1, 0.15) is 6.17 Å². The van der Waals surface area contributed by atoms with Crippen molar-refractivity contribution in [3.05, 3.63) is 48.3 Å². The first-order chi connectivity index (χ1) is 11.1. The van der Waals surface area contributed by atoms with Gasteiger partial charge in [-0.25, -0.2) is 9.07 Å². The van der Waals surface area contributed by atoms with E-state index in [0.29, 0.717) is 13.0 Å². The molecule has 1 amide bonds. The van der Waals surface area contributed by atoms with Crippen molar-refractivity contribution in [3.63, 3.8) is 0 Å². The molecule has 3 rings (SSSR count). The summed E-state index contributed by atoms with van der Waals surface area (Å²) < 4.78 is 15.1. The van der Waals surface area contributed by atoms with Gasteiger partial charge in [0, 0.05) is 24.9 Å². The molecule has 0 unspecified atom stereocenters. The molecule has 3 atom stereocenters. The van der Waals surface area contributed by atoms with Gasteiger partial charge in [-0.1, -0.05) is 19.1 Å². The molecule has 2 heterocycles. The number of benzene rings is 1. The number of halogens is 1. The lowest BCUT2D eigenvalue weighted by Gasteiger charge is -2.22. The van der Waals surface area contributed by atoms with Crippen LogP contribution in [0.15, 0.2) is 42.7 Å². The summed E-state index contributed by atoms with van der Waals surface area (Å²) >= 11 is 0. The molecule has 23 heavy (non-hydrogen) atoms. The SMILES string of the molecule is C[C@@H](c1ccc(-n2cccn2)cc1)[C@H]([NH3+])C(=O)N1CC[C@H](F)C1. The summed E-state index contributed by atoms with van der Waals surface area (Å²) in [5.41, 5.74) is 6.04. The number of alkyl halides is 1. The second-order valence-electron chi connectivity index (χ2n) is 6.11. The van der Waals surface area contributed by atoms with Crippen LogP contribution in [-0.2, 0) is 4.79 Å². The maximum absolute atomic E-state index is 13.3. The Morgan fingerprint density at radius 2 is 2.13 bits per heavy atom. The Morgan fingerprint density at radius 3 is 2.70 bits per heavy atom. The zero-order chi connectivity index (χ0) is 16.4. The molecule has 1 aliphatic heterocycles. The van der Waals surface area contributed by atoms with E-state index in [1.165, 1.54) is 0 Å². The van der Waals surface area contributed by atoms with Gasteiger partial charge in [0.15, 0.2) is 6.04 Å². The monoisotopic (exact) mass is 317 g/mol. The Kier molecular flexibility index (Phi) is 4.43. The third kappa shape index (κ3) is 3.27. The molecule has 0 aliphatic carbocycles. The van der Waals surface area contributed by atoms with Crippen LogP contribution >= 0.6 is 0 Å². The lowest BCUT2D eigenvalue weighted by atomic mass is 9.93. The van der Waals surface area contributed by atoms with Crippen LogP contribution < -0.4 is 5.73 Å². The van der Waals surface area contributed by atoms with E-state index in [4.69, 9.17) is 0 Å². The van der Waals surface area contributed by atoms with E-state index in [-0.39, 0.29) is 18.4 Å². The molecule has 0 radical (unpaired) electrons. The molecular formula is C17H22FN4O+. The van der Waals surface area contributed by atoms with Gasteiger partial charge in [-0.05, 0) is 30.2 Å². The number of carbonyl (C=O) groups excluding carboxylic acids is 1. The van der Waals surface area contributed by atoms with E-state index < -0.39 is 12.2 Å². The van der Waals surface area contributed by atoms with Gasteiger partial charge in [-0.2, -0.15) is 5.10 Å². The molecule has 3 N–H and O–H groups in total. The number of hydrogen-bond donors (Lipinski definition) is 1. The van der Waals surface area contributed by atoms with E-state index in [2.05, 4.69) is 10.8 Å². The summed E-state index contributed by atoms with van der Waals surface area (Å²) in [5.74, 6) is -0.0818. The summed E-state index contributed by atoms with van der Waals surface area (Å²) in [4.78, 5) is 14.0. The number of nitrogens with zero attached hydrogens (tertiary/aromatic N) is 3. The number of carbonyl (C=O) groups is 1. The average molecular weight is 317 g/mol. The first-order valence-electron chi connectivity index (χ1n) is 7.92. The fourth-order valence-corrected chi connectivity index (χ4v) is 2.95. The summed E-state index contributed by atoms with van der Waals surface area (Å²) in [5, 5.41) is 4.19. The predicted octanol–water partition coefficient (Wildman–Crippen LogP) is 1.16. The summed E-state index contributed by atoms with van der Waals surface area (Å²) in [6.07, 6.45) is 3.16. The van der Waals surface area contributed by atoms with Gasteiger partial charge in [-0.15, -0.1) is 0 Å². The van der Waals surface area contributed by atoms with E-state index in [0.717, 1.165) is 11.3 Å². The maximum Gasteiger partial charge on any atom is 0.281 e. The quantitative estimate of drug-likeness (QED) is 0.919. The van der Waals surface area contributed by atoms with E-state index in [1.54, 1.807) is 15.8 Å². The number of amides is 1. The van der Waals surface area contributed by atoms with Crippen molar-refractivity contribution in [2.24, 2.45) is 0 Å². The molecule has 5 nitrogen and oxygen atoms in total. The van der Waals surface area contributed by atoms with Crippen molar-refractivity contribution >= 4 is 5.91 Å². The fourth-order valence-electron chi connectivity index (χ4n) is 2.95. The van der Waals surface area contributed by atoms with Gasteiger partial charge in [0.2, 0.25) is 0 Å². The molecule has 0 spiro atoms. The predicted molar refractivity (Wildman–Crippen MR) is 84.7 cm³/mol. The summed E-state index contributed by atoms with van der Waals surface area (Å²) in [7, 11) is 0. The van der Waals surface area contributed by atoms with Crippen LogP contribution in [0.2, 0.25) is 0 Å². The molecule has 0 saturated carbocycles. The lowest BCUT2D eigenvalue weighted by Crippen LogP contribution is -2.69. The standard InChI is InChI=1S/C17H21FN4O/c1-12(16(19)17(23)21-10-7-14(18)11-21)13-3-5-15(6-4-13)22-9-2-8-20-22/h2-6,8-9,12,14,16H,7,10-11,19H2,1H3/p+1/t12-,14-,16-/m0/s1. The highest BCUT2D eigenvalue weighted by atomic mass is 19.1. The first kappa shape index (κ1) is 15.7. The van der Waals surface area contributed by atoms with Crippen molar-refractivity contribution in [2.75, 3.05) is 13.1 Å². The van der Waals surface area contributed by atoms with Crippen LogP contribution in [0.3, 0.4) is 0 Å². The van der Waals surface area contributed by atoms with Crippen LogP contribution in [0.1, 0.15) is 24.8 Å². The largest absolute Gasteiger partial charge is 0.347 e. The summed E-state index contributed by atoms with van der Waals surface area (Å²) in [6.45, 7) is 2.69. The molecule has 1 aromatic carbocycles. The summed E-state index contributed by atoms with van der Waals surface area (Å²) in [6, 6.07) is 9.41. The molecule has 6 heteroatoms. The van der Waals surface area contributed by atoms with Gasteiger partial charge in [0.25, 0.3) is 5.91 Å². The van der Waals surface area contributed by atoms with E-state index >= 15 is 0 Å². The number of likely N-dealkylation sites (tertiary alicyclic amines) is 1. The van der Waals surface area contributed by atoms with Gasteiger partial charge >= 0.3 is 0 Å². The molecule has 1 aromatic heterocycles. The first-order valence-corrected chi connectivity index (χ1v) is 7.92. The molecule has 2 aromatic rings. The lowest BCUT2D eigenvalue weighted by molar-refractivity contribution is -0.410. The Labute approximate surface area is 134 Å². The minimum Gasteiger partial charge on any atom is -0.347 e. The zero-order valence-electron chi connectivity index (χ0n) is 13.2. The normalized spacial score (nSPS) is 20.5. The number of quaternary nitrogens is 1. The number of rotatable bonds is 4. The van der Waals surface area contributed by atoms with Crippen molar-refractivity contribution < 1.29 is 14.9 Å². The minimum absolute atomic E-state index is 0.0205. The van der Waals surface area contributed by atoms with Crippen molar-refractivity contribution in [2.45, 2.75) is 31.5 Å². The van der Waals surface area contributed by atoms with Crippen molar-refractivity contribution in [3.8, 4) is 5.69 Å². The highest BCUT2D eigenvalue weighted by Crippen LogP contribution is 2.22. The third-order valence-electron chi connectivity index (χ3n) is 4.55. The van der Waals surface area contributed by atoms with Crippen LogP contribution in [-0.4, -0.2) is 45.9 Å². The third-order valence-corrected chi connectivity index (χ3v) is 4.55. The minimum atomic E-state index is -0.894. The van der Waals surface area contributed by atoms with E-state index in [9.17, 15) is 9.18 Å². The molecular weight excluding hydrogens is 295 g/mol. The van der Waals surface area contributed by atoms with Crippen LogP contribution in [0, 0.1) is 0 Å². The van der Waals surface area contributed by atoms with Crippen LogP contribution in [0.25, 0.3) is 5.69 Å². The Hall–Kier alpha value is -2.21. The second kappa shape index (κ2) is 6.50. The molecule has 122 valence electrons. The highest BCUT2D eigenvalue weighted by Gasteiger charge is 2.34. The molecule has 1 fully saturated rings. The molecule has 1 aliphatic rings. The zero-order valence-corrected chi connectivity index (χ0v) is 13.2. The fraction of sp³-hybridized carbons (Fsp3) is 0.412. The van der Waals surface area contributed by atoms with Crippen molar-refractivity contribution in [1.29, 1.82) is 0 Å². The van der Waals surface area contributed by atoms with E-state index in [1.807, 2.05) is 43.5 Å². The molecule has 0 bridgehead atoms. The van der Waals surface area contributed by atoms with Gasteiger partial charge < -0.3 is 10.6 Å². The van der Waals surface area contributed by atoms with Crippen molar-refractivity contribution in [1.82, 2.24) is 14.7 Å².